The number of pyridine rings is 1. The zero-order valence-corrected chi connectivity index (χ0v) is 14.8. The van der Waals surface area contributed by atoms with E-state index in [4.69, 9.17) is 10.5 Å². The molecule has 23 heavy (non-hydrogen) atoms. The lowest BCUT2D eigenvalue weighted by Crippen LogP contribution is -1.99. The maximum atomic E-state index is 5.71. The van der Waals surface area contributed by atoms with Crippen molar-refractivity contribution in [1.29, 1.82) is 0 Å². The fourth-order valence-electron chi connectivity index (χ4n) is 2.79. The van der Waals surface area contributed by atoms with Gasteiger partial charge in [-0.2, -0.15) is 0 Å². The first-order valence-corrected chi connectivity index (χ1v) is 9.60. The van der Waals surface area contributed by atoms with E-state index in [9.17, 15) is 0 Å². The maximum Gasteiger partial charge on any atom is 0.0469 e. The normalized spacial score (nSPS) is 11.0. The molecule has 3 nitrogen and oxygen atoms in total. The number of aryl methyl sites for hydroxylation is 1. The molecule has 1 aromatic heterocycles. The van der Waals surface area contributed by atoms with Gasteiger partial charge in [-0.3, -0.25) is 4.98 Å². The van der Waals surface area contributed by atoms with Gasteiger partial charge in [0.05, 0.1) is 0 Å². The number of nitrogens with two attached hydrogens (primary N) is 1. The molecule has 0 aromatic carbocycles. The van der Waals surface area contributed by atoms with Gasteiger partial charge in [0.1, 0.15) is 0 Å². The van der Waals surface area contributed by atoms with Gasteiger partial charge in [-0.15, -0.1) is 0 Å². The average molecular weight is 321 g/mol. The molecule has 0 fully saturated rings. The number of nitrogens with zero attached hydrogens (tertiary/aromatic N) is 1. The Hall–Kier alpha value is -0.930. The maximum absolute atomic E-state index is 5.71. The summed E-state index contributed by atoms with van der Waals surface area (Å²) in [6, 6.07) is 4.13. The van der Waals surface area contributed by atoms with Crippen molar-refractivity contribution in [3.63, 3.8) is 0 Å². The van der Waals surface area contributed by atoms with Crippen molar-refractivity contribution in [3.05, 3.63) is 30.1 Å². The number of aromatic nitrogens is 1. The summed E-state index contributed by atoms with van der Waals surface area (Å²) in [7, 11) is 0. The first kappa shape index (κ1) is 20.1. The molecular weight excluding hydrogens is 284 g/mol. The Morgan fingerprint density at radius 3 is 2.00 bits per heavy atom. The molecule has 2 N–H and O–H groups in total. The van der Waals surface area contributed by atoms with Crippen LogP contribution in [0.2, 0.25) is 0 Å². The van der Waals surface area contributed by atoms with Crippen molar-refractivity contribution >= 4 is 0 Å². The summed E-state index contributed by atoms with van der Waals surface area (Å²) < 4.78 is 5.71. The summed E-state index contributed by atoms with van der Waals surface area (Å²) in [5, 5.41) is 0. The van der Waals surface area contributed by atoms with Crippen LogP contribution in [0.5, 0.6) is 0 Å². The lowest BCUT2D eigenvalue weighted by molar-refractivity contribution is 0.127. The van der Waals surface area contributed by atoms with Gasteiger partial charge < -0.3 is 10.5 Å². The fourth-order valence-corrected chi connectivity index (χ4v) is 2.79. The van der Waals surface area contributed by atoms with Crippen LogP contribution in [0.1, 0.15) is 76.2 Å². The van der Waals surface area contributed by atoms with Crippen molar-refractivity contribution in [2.75, 3.05) is 19.8 Å². The van der Waals surface area contributed by atoms with E-state index < -0.39 is 0 Å². The number of hydrogen-bond donors (Lipinski definition) is 1. The van der Waals surface area contributed by atoms with Gasteiger partial charge in [-0.25, -0.2) is 0 Å². The van der Waals surface area contributed by atoms with Crippen LogP contribution in [0.25, 0.3) is 0 Å². The first-order chi connectivity index (χ1) is 11.4. The molecule has 0 atom stereocenters. The SMILES string of the molecule is NCCCCCCCCCCCCOCCCc1cccnc1. The van der Waals surface area contributed by atoms with Gasteiger partial charge >= 0.3 is 0 Å². The van der Waals surface area contributed by atoms with Crippen LogP contribution in [-0.2, 0) is 11.2 Å². The van der Waals surface area contributed by atoms with Crippen LogP contribution in [0, 0.1) is 0 Å². The quantitative estimate of drug-likeness (QED) is 0.441. The van der Waals surface area contributed by atoms with Crippen LogP contribution in [0.3, 0.4) is 0 Å². The minimum atomic E-state index is 0.853. The Morgan fingerprint density at radius 2 is 1.39 bits per heavy atom. The summed E-state index contributed by atoms with van der Waals surface area (Å²) in [5.41, 5.74) is 6.79. The van der Waals surface area contributed by atoms with Crippen molar-refractivity contribution < 1.29 is 4.74 Å². The Bertz CT molecular complexity index is 343. The molecule has 1 aromatic rings. The molecule has 0 unspecified atom stereocenters. The minimum absolute atomic E-state index is 0.853. The lowest BCUT2D eigenvalue weighted by atomic mass is 10.1. The third kappa shape index (κ3) is 13.2. The van der Waals surface area contributed by atoms with E-state index in [1.54, 1.807) is 0 Å². The van der Waals surface area contributed by atoms with Crippen LogP contribution < -0.4 is 5.73 Å². The molecule has 1 heterocycles. The topological polar surface area (TPSA) is 48.1 Å². The van der Waals surface area contributed by atoms with E-state index >= 15 is 0 Å². The van der Waals surface area contributed by atoms with Gasteiger partial charge in [-0.05, 0) is 43.9 Å². The van der Waals surface area contributed by atoms with Gasteiger partial charge in [-0.1, -0.05) is 57.4 Å². The fraction of sp³-hybridized carbons (Fsp3) is 0.750. The predicted molar refractivity (Wildman–Crippen MR) is 98.6 cm³/mol. The highest BCUT2D eigenvalue weighted by atomic mass is 16.5. The van der Waals surface area contributed by atoms with Crippen molar-refractivity contribution in [2.45, 2.75) is 77.0 Å². The van der Waals surface area contributed by atoms with Crippen molar-refractivity contribution in [2.24, 2.45) is 5.73 Å². The van der Waals surface area contributed by atoms with Crippen LogP contribution in [-0.4, -0.2) is 24.7 Å². The Labute approximate surface area is 143 Å². The average Bonchev–Trinajstić information content (AvgIpc) is 2.59. The molecule has 0 saturated heterocycles. The molecule has 0 aliphatic rings. The van der Waals surface area contributed by atoms with Crippen LogP contribution >= 0.6 is 0 Å². The molecule has 0 aliphatic carbocycles. The van der Waals surface area contributed by atoms with Gasteiger partial charge in [0.2, 0.25) is 0 Å². The highest BCUT2D eigenvalue weighted by molar-refractivity contribution is 5.08. The molecule has 0 saturated carbocycles. The van der Waals surface area contributed by atoms with Gasteiger partial charge in [0.15, 0.2) is 0 Å². The highest BCUT2D eigenvalue weighted by Crippen LogP contribution is 2.10. The Balaban J connectivity index is 1.72. The molecule has 0 amide bonds. The Morgan fingerprint density at radius 1 is 0.783 bits per heavy atom. The van der Waals surface area contributed by atoms with Crippen LogP contribution in [0.4, 0.5) is 0 Å². The molecule has 1 rings (SSSR count). The number of ether oxygens (including phenoxy) is 1. The molecule has 0 aliphatic heterocycles. The number of hydrogen-bond acceptors (Lipinski definition) is 3. The van der Waals surface area contributed by atoms with E-state index in [0.29, 0.717) is 0 Å². The van der Waals surface area contributed by atoms with Crippen molar-refractivity contribution in [1.82, 2.24) is 4.98 Å². The largest absolute Gasteiger partial charge is 0.381 e. The summed E-state index contributed by atoms with van der Waals surface area (Å²) in [6.07, 6.45) is 19.3. The third-order valence-electron chi connectivity index (χ3n) is 4.22. The van der Waals surface area contributed by atoms with Gasteiger partial charge in [0, 0.05) is 25.6 Å². The van der Waals surface area contributed by atoms with E-state index in [0.717, 1.165) is 32.6 Å². The van der Waals surface area contributed by atoms with E-state index in [1.165, 1.54) is 69.8 Å². The predicted octanol–water partition coefficient (Wildman–Crippen LogP) is 4.89. The Kier molecular flexibility index (Phi) is 13.9. The molecule has 0 radical (unpaired) electrons. The molecule has 0 spiro atoms. The monoisotopic (exact) mass is 320 g/mol. The lowest BCUT2D eigenvalue weighted by Gasteiger charge is -2.05. The molecule has 132 valence electrons. The van der Waals surface area contributed by atoms with E-state index in [-0.39, 0.29) is 0 Å². The summed E-state index contributed by atoms with van der Waals surface area (Å²) in [4.78, 5) is 4.13. The summed E-state index contributed by atoms with van der Waals surface area (Å²) in [5.74, 6) is 0. The molecular formula is C20H36N2O. The first-order valence-electron chi connectivity index (χ1n) is 9.60. The van der Waals surface area contributed by atoms with Crippen LogP contribution in [0.15, 0.2) is 24.5 Å². The van der Waals surface area contributed by atoms with Crippen molar-refractivity contribution in [3.8, 4) is 0 Å². The minimum Gasteiger partial charge on any atom is -0.381 e. The highest BCUT2D eigenvalue weighted by Gasteiger charge is 1.95. The standard InChI is InChI=1S/C20H36N2O/c21-15-9-7-5-3-1-2-4-6-8-10-17-23-18-12-14-20-13-11-16-22-19-20/h11,13,16,19H,1-10,12,14-15,17-18,21H2. The second-order valence-electron chi connectivity index (χ2n) is 6.40. The molecule has 3 heteroatoms. The van der Waals surface area contributed by atoms with E-state index in [1.807, 2.05) is 18.5 Å². The number of unbranched alkanes of at least 4 members (excludes halogenated alkanes) is 9. The van der Waals surface area contributed by atoms with E-state index in [2.05, 4.69) is 11.1 Å². The molecule has 0 bridgehead atoms. The second-order valence-corrected chi connectivity index (χ2v) is 6.40. The summed E-state index contributed by atoms with van der Waals surface area (Å²) >= 11 is 0. The number of rotatable bonds is 16. The zero-order chi connectivity index (χ0) is 16.4. The third-order valence-corrected chi connectivity index (χ3v) is 4.22. The van der Waals surface area contributed by atoms with Gasteiger partial charge in [0.25, 0.3) is 0 Å². The smallest absolute Gasteiger partial charge is 0.0469 e. The second kappa shape index (κ2) is 15.9. The zero-order valence-electron chi connectivity index (χ0n) is 14.8. The summed E-state index contributed by atoms with van der Waals surface area (Å²) in [6.45, 7) is 2.65.